The van der Waals surface area contributed by atoms with Gasteiger partial charge in [-0.1, -0.05) is 35.9 Å². The summed E-state index contributed by atoms with van der Waals surface area (Å²) in [5.74, 6) is -4.98. The van der Waals surface area contributed by atoms with Crippen molar-refractivity contribution < 1.29 is 31.6 Å². The summed E-state index contributed by atoms with van der Waals surface area (Å²) in [4.78, 5) is 48.2. The van der Waals surface area contributed by atoms with Crippen LogP contribution in [0.5, 0.6) is 0 Å². The maximum absolute atomic E-state index is 14.8. The molecule has 15 heteroatoms. The van der Waals surface area contributed by atoms with E-state index in [1.807, 2.05) is 6.07 Å². The monoisotopic (exact) mass is 670 g/mol. The van der Waals surface area contributed by atoms with Crippen molar-refractivity contribution in [1.29, 1.82) is 5.26 Å². The lowest BCUT2D eigenvalue weighted by Gasteiger charge is -2.39. The number of alkyl halides is 2. The molecular formula is C31H29ClF2N6O5S. The van der Waals surface area contributed by atoms with E-state index in [0.717, 1.165) is 14.1 Å². The highest BCUT2D eigenvalue weighted by molar-refractivity contribution is 7.89. The molecule has 0 spiro atoms. The second kappa shape index (κ2) is 12.7. The Kier molecular flexibility index (Phi) is 9.12. The highest BCUT2D eigenvalue weighted by atomic mass is 35.5. The first-order chi connectivity index (χ1) is 21.7. The van der Waals surface area contributed by atoms with Gasteiger partial charge in [-0.2, -0.15) is 5.26 Å². The SMILES string of the molecule is CN(C)S(=O)(=O)c1cccc(N(C(=O)C2CCC(=O)N2c2cc(C#N)ccn2)C(C(=O)NC2CC(F)(F)C2)c2ccccc2Cl)c1. The molecule has 1 aromatic heterocycles. The zero-order chi connectivity index (χ0) is 33.4. The van der Waals surface area contributed by atoms with Gasteiger partial charge in [0, 0.05) is 61.9 Å². The second-order valence-corrected chi connectivity index (χ2v) is 13.8. The van der Waals surface area contributed by atoms with Crippen molar-refractivity contribution in [3.05, 3.63) is 83.0 Å². The number of rotatable bonds is 9. The zero-order valence-electron chi connectivity index (χ0n) is 24.7. The average molecular weight is 671 g/mol. The Morgan fingerprint density at radius 3 is 2.50 bits per heavy atom. The van der Waals surface area contributed by atoms with Crippen LogP contribution in [0.4, 0.5) is 20.3 Å². The first kappa shape index (κ1) is 32.9. The summed E-state index contributed by atoms with van der Waals surface area (Å²) < 4.78 is 54.7. The van der Waals surface area contributed by atoms with Crippen molar-refractivity contribution in [3.8, 4) is 6.07 Å². The van der Waals surface area contributed by atoms with E-state index in [9.17, 15) is 36.8 Å². The van der Waals surface area contributed by atoms with E-state index in [-0.39, 0.29) is 45.4 Å². The first-order valence-corrected chi connectivity index (χ1v) is 16.0. The minimum Gasteiger partial charge on any atom is -0.351 e. The molecule has 2 aromatic carbocycles. The smallest absolute Gasteiger partial charge is 0.252 e. The van der Waals surface area contributed by atoms with Gasteiger partial charge in [-0.15, -0.1) is 0 Å². The molecule has 0 radical (unpaired) electrons. The number of nitrogens with zero attached hydrogens (tertiary/aromatic N) is 5. The number of pyridine rings is 1. The molecule has 11 nitrogen and oxygen atoms in total. The lowest BCUT2D eigenvalue weighted by atomic mass is 9.87. The van der Waals surface area contributed by atoms with E-state index in [1.54, 1.807) is 12.1 Å². The van der Waals surface area contributed by atoms with Gasteiger partial charge in [0.1, 0.15) is 17.9 Å². The minimum atomic E-state index is -4.01. The van der Waals surface area contributed by atoms with Gasteiger partial charge in [0.15, 0.2) is 0 Å². The van der Waals surface area contributed by atoms with Gasteiger partial charge in [-0.25, -0.2) is 26.5 Å². The standard InChI is InChI=1S/C31H29ClF2N6O5S/c1-38(2)46(44,45)22-7-5-6-21(15-22)39(30(43)25-10-11-27(41)40(25)26-14-19(18-35)12-13-36-26)28(23-8-3-4-9-24(23)32)29(42)37-20-16-31(33,34)17-20/h3-9,12-15,20,25,28H,10-11,16-17H2,1-2H3,(H,37,42). The molecular weight excluding hydrogens is 642 g/mol. The average Bonchev–Trinajstić information content (AvgIpc) is 3.40. The molecule has 46 heavy (non-hydrogen) atoms. The number of anilines is 2. The Balaban J connectivity index is 1.68. The number of nitrogens with one attached hydrogen (secondary N) is 1. The van der Waals surface area contributed by atoms with E-state index in [1.165, 1.54) is 68.8 Å². The molecule has 2 atom stereocenters. The van der Waals surface area contributed by atoms with E-state index in [2.05, 4.69) is 10.3 Å². The Labute approximate surface area is 269 Å². The fraction of sp³-hybridized carbons (Fsp3) is 0.323. The van der Waals surface area contributed by atoms with Crippen LogP contribution in [0.3, 0.4) is 0 Å². The molecule has 2 fully saturated rings. The van der Waals surface area contributed by atoms with Gasteiger partial charge in [0.2, 0.25) is 21.8 Å². The Morgan fingerprint density at radius 1 is 1.13 bits per heavy atom. The lowest BCUT2D eigenvalue weighted by molar-refractivity contribution is -0.133. The number of carbonyl (C=O) groups is 3. The van der Waals surface area contributed by atoms with E-state index >= 15 is 0 Å². The van der Waals surface area contributed by atoms with Crippen molar-refractivity contribution in [2.75, 3.05) is 23.9 Å². The minimum absolute atomic E-state index is 0.00796. The molecule has 5 rings (SSSR count). The molecule has 240 valence electrons. The Morgan fingerprint density at radius 2 is 1.85 bits per heavy atom. The quantitative estimate of drug-likeness (QED) is 0.362. The Bertz CT molecular complexity index is 1840. The summed E-state index contributed by atoms with van der Waals surface area (Å²) in [6.07, 6.45) is 0.0866. The van der Waals surface area contributed by atoms with Gasteiger partial charge in [-0.05, 0) is 42.8 Å². The van der Waals surface area contributed by atoms with Crippen molar-refractivity contribution in [3.63, 3.8) is 0 Å². The van der Waals surface area contributed by atoms with Gasteiger partial charge in [0.05, 0.1) is 16.5 Å². The molecule has 3 amide bonds. The molecule has 2 heterocycles. The molecule has 1 saturated heterocycles. The maximum Gasteiger partial charge on any atom is 0.252 e. The number of carbonyl (C=O) groups excluding carboxylic acids is 3. The third kappa shape index (κ3) is 6.44. The summed E-state index contributed by atoms with van der Waals surface area (Å²) in [5.41, 5.74) is 0.312. The number of halogens is 3. The molecule has 1 aliphatic carbocycles. The van der Waals surface area contributed by atoms with E-state index in [4.69, 9.17) is 11.6 Å². The highest BCUT2D eigenvalue weighted by Crippen LogP contribution is 2.40. The third-order valence-corrected chi connectivity index (χ3v) is 10.0. The van der Waals surface area contributed by atoms with Crippen LogP contribution in [0, 0.1) is 11.3 Å². The van der Waals surface area contributed by atoms with Crippen LogP contribution in [-0.4, -0.2) is 67.5 Å². The molecule has 1 aliphatic heterocycles. The fourth-order valence-corrected chi connectivity index (χ4v) is 6.71. The van der Waals surface area contributed by atoms with Crippen LogP contribution in [0.1, 0.15) is 42.9 Å². The van der Waals surface area contributed by atoms with Gasteiger partial charge >= 0.3 is 0 Å². The second-order valence-electron chi connectivity index (χ2n) is 11.2. The number of benzene rings is 2. The number of amides is 3. The van der Waals surface area contributed by atoms with Crippen LogP contribution in [-0.2, 0) is 24.4 Å². The molecule has 2 unspecified atom stereocenters. The maximum atomic E-state index is 14.8. The number of hydrogen-bond donors (Lipinski definition) is 1. The summed E-state index contributed by atoms with van der Waals surface area (Å²) >= 11 is 6.57. The van der Waals surface area contributed by atoms with Crippen LogP contribution in [0.2, 0.25) is 5.02 Å². The zero-order valence-corrected chi connectivity index (χ0v) is 26.3. The fourth-order valence-electron chi connectivity index (χ4n) is 5.53. The van der Waals surface area contributed by atoms with Crippen LogP contribution < -0.4 is 15.1 Å². The number of aromatic nitrogens is 1. The molecule has 0 bridgehead atoms. The van der Waals surface area contributed by atoms with Crippen LogP contribution >= 0.6 is 11.6 Å². The van der Waals surface area contributed by atoms with Crippen molar-refractivity contribution >= 4 is 50.9 Å². The summed E-state index contributed by atoms with van der Waals surface area (Å²) in [7, 11) is -1.34. The van der Waals surface area contributed by atoms with E-state index < -0.39 is 64.6 Å². The molecule has 2 aliphatic rings. The summed E-state index contributed by atoms with van der Waals surface area (Å²) in [5, 5.41) is 12.1. The topological polar surface area (TPSA) is 144 Å². The largest absolute Gasteiger partial charge is 0.351 e. The molecule has 3 aromatic rings. The molecule has 1 saturated carbocycles. The van der Waals surface area contributed by atoms with Gasteiger partial charge in [0.25, 0.3) is 11.8 Å². The van der Waals surface area contributed by atoms with Crippen molar-refractivity contribution in [2.45, 2.75) is 54.6 Å². The normalized spacial score (nSPS) is 18.5. The predicted molar refractivity (Wildman–Crippen MR) is 165 cm³/mol. The van der Waals surface area contributed by atoms with Gasteiger partial charge < -0.3 is 5.32 Å². The lowest BCUT2D eigenvalue weighted by Crippen LogP contribution is -2.56. The van der Waals surface area contributed by atoms with Crippen LogP contribution in [0.25, 0.3) is 0 Å². The van der Waals surface area contributed by atoms with Crippen molar-refractivity contribution in [1.82, 2.24) is 14.6 Å². The Hall–Kier alpha value is -4.45. The van der Waals surface area contributed by atoms with E-state index in [0.29, 0.717) is 0 Å². The molecule has 1 N–H and O–H groups in total. The number of nitriles is 1. The predicted octanol–water partition coefficient (Wildman–Crippen LogP) is 4.04. The summed E-state index contributed by atoms with van der Waals surface area (Å²) in [6, 6.07) is 12.6. The van der Waals surface area contributed by atoms with Crippen molar-refractivity contribution in [2.24, 2.45) is 0 Å². The number of sulfonamides is 1. The number of hydrogen-bond acceptors (Lipinski definition) is 7. The van der Waals surface area contributed by atoms with Gasteiger partial charge in [-0.3, -0.25) is 24.2 Å². The third-order valence-electron chi connectivity index (χ3n) is 7.87. The summed E-state index contributed by atoms with van der Waals surface area (Å²) in [6.45, 7) is 0. The first-order valence-electron chi connectivity index (χ1n) is 14.2. The highest BCUT2D eigenvalue weighted by Gasteiger charge is 2.48. The van der Waals surface area contributed by atoms with Crippen LogP contribution in [0.15, 0.2) is 71.8 Å².